The van der Waals surface area contributed by atoms with Crippen LogP contribution in [0, 0.1) is 6.92 Å². The zero-order valence-corrected chi connectivity index (χ0v) is 19.4. The van der Waals surface area contributed by atoms with E-state index in [1.807, 2.05) is 61.5 Å². The molecule has 2 heterocycles. The normalized spacial score (nSPS) is 23.9. The van der Waals surface area contributed by atoms with Crippen molar-refractivity contribution in [3.63, 3.8) is 0 Å². The summed E-state index contributed by atoms with van der Waals surface area (Å²) in [5.41, 5.74) is 5.47. The average Bonchev–Trinajstić information content (AvgIpc) is 3.46. The van der Waals surface area contributed by atoms with Crippen molar-refractivity contribution in [3.05, 3.63) is 125 Å². The fourth-order valence-electron chi connectivity index (χ4n) is 6.11. The minimum absolute atomic E-state index is 0.121. The molecule has 7 rings (SSSR count). The van der Waals surface area contributed by atoms with Crippen LogP contribution in [0.3, 0.4) is 0 Å². The smallest absolute Gasteiger partial charge is 0.233 e. The molecule has 1 fully saturated rings. The van der Waals surface area contributed by atoms with Crippen molar-refractivity contribution >= 4 is 27.2 Å². The number of hydrogen-bond acceptors (Lipinski definition) is 3. The van der Waals surface area contributed by atoms with Gasteiger partial charge in [-0.1, -0.05) is 84.4 Å². The first-order chi connectivity index (χ1) is 16.5. The van der Waals surface area contributed by atoms with Gasteiger partial charge in [-0.15, -0.1) is 0 Å². The van der Waals surface area contributed by atoms with Crippen LogP contribution < -0.4 is 4.31 Å². The molecule has 4 aromatic rings. The minimum atomic E-state index is -3.88. The van der Waals surface area contributed by atoms with Crippen molar-refractivity contribution in [2.75, 3.05) is 4.31 Å². The van der Waals surface area contributed by atoms with Gasteiger partial charge in [0.2, 0.25) is 0 Å². The maximum Gasteiger partial charge on any atom is 0.269 e. The number of hydrogen-bond donors (Lipinski definition) is 0. The second-order valence-electron chi connectivity index (χ2n) is 9.33. The Balaban J connectivity index is 1.53. The number of para-hydroxylation sites is 2. The molecule has 34 heavy (non-hydrogen) atoms. The summed E-state index contributed by atoms with van der Waals surface area (Å²) in [6.07, 6.45) is 0. The highest BCUT2D eigenvalue weighted by Gasteiger charge is 2.76. The van der Waals surface area contributed by atoms with Crippen molar-refractivity contribution in [2.24, 2.45) is 4.99 Å². The van der Waals surface area contributed by atoms with E-state index in [4.69, 9.17) is 4.99 Å². The number of amidine groups is 1. The Bertz CT molecular complexity index is 1590. The first-order valence-corrected chi connectivity index (χ1v) is 12.9. The van der Waals surface area contributed by atoms with Crippen LogP contribution in [0.15, 0.2) is 113 Å². The van der Waals surface area contributed by atoms with Gasteiger partial charge in [0, 0.05) is 11.8 Å². The standard InChI is InChI=1S/C29H22N2O2S/c1-19-15-17-21(18-16-19)34(32,33)31-25-14-8-5-11-22(25)27-26(20-9-3-2-4-10-20)29(27)23-12-6-7-13-24(23)30-28(29)31/h2-18,26-27H,1H3/t26-,27-,29+/m1/s1. The lowest BCUT2D eigenvalue weighted by Crippen LogP contribution is -2.45. The summed E-state index contributed by atoms with van der Waals surface area (Å²) in [5, 5.41) is 0. The van der Waals surface area contributed by atoms with E-state index in [0.29, 0.717) is 11.5 Å². The van der Waals surface area contributed by atoms with Gasteiger partial charge in [-0.25, -0.2) is 17.7 Å². The molecule has 0 radical (unpaired) electrons. The Kier molecular flexibility index (Phi) is 3.87. The van der Waals surface area contributed by atoms with E-state index >= 15 is 0 Å². The van der Waals surface area contributed by atoms with Gasteiger partial charge in [0.15, 0.2) is 0 Å². The molecule has 0 aromatic heterocycles. The van der Waals surface area contributed by atoms with E-state index in [9.17, 15) is 8.42 Å². The van der Waals surface area contributed by atoms with Gasteiger partial charge in [-0.2, -0.15) is 0 Å². The zero-order valence-electron chi connectivity index (χ0n) is 18.6. The summed E-state index contributed by atoms with van der Waals surface area (Å²) < 4.78 is 29.9. The Morgan fingerprint density at radius 1 is 0.765 bits per heavy atom. The molecule has 5 heteroatoms. The van der Waals surface area contributed by atoms with Gasteiger partial charge >= 0.3 is 0 Å². The lowest BCUT2D eigenvalue weighted by Gasteiger charge is -2.34. The number of benzene rings is 4. The molecule has 0 unspecified atom stereocenters. The van der Waals surface area contributed by atoms with Crippen molar-refractivity contribution < 1.29 is 8.42 Å². The predicted octanol–water partition coefficient (Wildman–Crippen LogP) is 6.07. The Labute approximate surface area is 199 Å². The molecular weight excluding hydrogens is 440 g/mol. The lowest BCUT2D eigenvalue weighted by molar-refractivity contribution is 0.595. The van der Waals surface area contributed by atoms with Crippen LogP contribution in [0.4, 0.5) is 11.4 Å². The van der Waals surface area contributed by atoms with E-state index in [2.05, 4.69) is 36.4 Å². The number of anilines is 1. The molecule has 0 bridgehead atoms. The van der Waals surface area contributed by atoms with Crippen LogP contribution in [0.25, 0.3) is 0 Å². The quantitative estimate of drug-likeness (QED) is 0.371. The van der Waals surface area contributed by atoms with Crippen molar-refractivity contribution in [3.8, 4) is 0 Å². The van der Waals surface area contributed by atoms with E-state index in [1.165, 1.54) is 9.87 Å². The molecule has 3 aliphatic rings. The third-order valence-corrected chi connectivity index (χ3v) is 9.27. The average molecular weight is 463 g/mol. The predicted molar refractivity (Wildman–Crippen MR) is 134 cm³/mol. The molecule has 1 spiro atoms. The molecule has 1 saturated carbocycles. The number of sulfonamides is 1. The van der Waals surface area contributed by atoms with Crippen LogP contribution in [0.5, 0.6) is 0 Å². The topological polar surface area (TPSA) is 49.7 Å². The Morgan fingerprint density at radius 2 is 1.44 bits per heavy atom. The molecule has 0 N–H and O–H groups in total. The molecule has 166 valence electrons. The van der Waals surface area contributed by atoms with Crippen molar-refractivity contribution in [2.45, 2.75) is 29.1 Å². The Hall–Kier alpha value is -3.70. The van der Waals surface area contributed by atoms with Gasteiger partial charge in [0.1, 0.15) is 5.84 Å². The highest BCUT2D eigenvalue weighted by molar-refractivity contribution is 7.93. The maximum atomic E-state index is 14.2. The SMILES string of the molecule is Cc1ccc(S(=O)(=O)N2C3=Nc4ccccc4[C@@]34[C@H](c3ccccc3)[C@H]4c3ccccc32)cc1. The number of aliphatic imine (C=N–C) groups is 1. The second-order valence-corrected chi connectivity index (χ2v) is 11.1. The monoisotopic (exact) mass is 462 g/mol. The number of fused-ring (bicyclic) bond motifs is 3. The van der Waals surface area contributed by atoms with E-state index in [1.54, 1.807) is 12.1 Å². The van der Waals surface area contributed by atoms with E-state index < -0.39 is 15.4 Å². The largest absolute Gasteiger partial charge is 0.269 e. The molecule has 2 aliphatic heterocycles. The van der Waals surface area contributed by atoms with E-state index in [0.717, 1.165) is 22.4 Å². The third kappa shape index (κ3) is 2.37. The molecule has 4 aromatic carbocycles. The first kappa shape index (κ1) is 19.7. The Morgan fingerprint density at radius 3 is 2.24 bits per heavy atom. The van der Waals surface area contributed by atoms with Crippen molar-refractivity contribution in [1.82, 2.24) is 0 Å². The molecule has 0 amide bonds. The summed E-state index contributed by atoms with van der Waals surface area (Å²) in [4.78, 5) is 5.29. The van der Waals surface area contributed by atoms with Gasteiger partial charge in [0.25, 0.3) is 10.0 Å². The highest BCUT2D eigenvalue weighted by Crippen LogP contribution is 2.77. The van der Waals surface area contributed by atoms with Crippen LogP contribution >= 0.6 is 0 Å². The zero-order chi connectivity index (χ0) is 23.1. The van der Waals surface area contributed by atoms with Crippen LogP contribution in [-0.4, -0.2) is 14.3 Å². The molecule has 3 atom stereocenters. The summed E-state index contributed by atoms with van der Waals surface area (Å²) in [7, 11) is -3.88. The second kappa shape index (κ2) is 6.67. The lowest BCUT2D eigenvalue weighted by atomic mass is 9.86. The number of aryl methyl sites for hydroxylation is 1. The van der Waals surface area contributed by atoms with Crippen molar-refractivity contribution in [1.29, 1.82) is 0 Å². The van der Waals surface area contributed by atoms with E-state index in [-0.39, 0.29) is 16.7 Å². The minimum Gasteiger partial charge on any atom is -0.233 e. The van der Waals surface area contributed by atoms with Gasteiger partial charge in [-0.3, -0.25) is 0 Å². The highest BCUT2D eigenvalue weighted by atomic mass is 32.2. The molecule has 1 aliphatic carbocycles. The third-order valence-electron chi connectivity index (χ3n) is 7.55. The number of rotatable bonds is 3. The van der Waals surface area contributed by atoms with Gasteiger partial charge < -0.3 is 0 Å². The van der Waals surface area contributed by atoms with Gasteiger partial charge in [0.05, 0.1) is 21.7 Å². The summed E-state index contributed by atoms with van der Waals surface area (Å²) >= 11 is 0. The van der Waals surface area contributed by atoms with Crippen LogP contribution in [0.1, 0.15) is 34.1 Å². The summed E-state index contributed by atoms with van der Waals surface area (Å²) in [6, 6.07) is 33.5. The molecule has 4 nitrogen and oxygen atoms in total. The summed E-state index contributed by atoms with van der Waals surface area (Å²) in [6.45, 7) is 1.96. The maximum absolute atomic E-state index is 14.2. The first-order valence-electron chi connectivity index (χ1n) is 11.5. The fraction of sp³-hybridized carbons (Fsp3) is 0.138. The van der Waals surface area contributed by atoms with Crippen LogP contribution in [-0.2, 0) is 15.4 Å². The van der Waals surface area contributed by atoms with Crippen LogP contribution in [0.2, 0.25) is 0 Å². The fourth-order valence-corrected chi connectivity index (χ4v) is 7.65. The molecule has 0 saturated heterocycles. The summed E-state index contributed by atoms with van der Waals surface area (Å²) in [5.74, 6) is 0.875. The number of nitrogens with zero attached hydrogens (tertiary/aromatic N) is 2. The molecular formula is C29H22N2O2S. The van der Waals surface area contributed by atoms with Gasteiger partial charge in [-0.05, 0) is 47.9 Å².